The van der Waals surface area contributed by atoms with E-state index in [-0.39, 0.29) is 92.0 Å². The second kappa shape index (κ2) is 29.4. The number of esters is 1. The van der Waals surface area contributed by atoms with Crippen molar-refractivity contribution in [3.05, 3.63) is 35.9 Å². The van der Waals surface area contributed by atoms with Crippen LogP contribution in [0.4, 0.5) is 0 Å². The van der Waals surface area contributed by atoms with Gasteiger partial charge in [0.2, 0.25) is 29.5 Å². The molecule has 1 heterocycles. The van der Waals surface area contributed by atoms with Gasteiger partial charge in [-0.05, 0) is 70.0 Å². The Morgan fingerprint density at radius 2 is 1.52 bits per heavy atom. The van der Waals surface area contributed by atoms with E-state index in [0.717, 1.165) is 5.56 Å². The normalized spacial score (nSPS) is 18.0. The fourth-order valence-corrected chi connectivity index (χ4v) is 9.26. The average Bonchev–Trinajstić information content (AvgIpc) is 3.77. The molecule has 5 N–H and O–H groups in total. The number of nitrogens with two attached hydrogens (primary N) is 1. The van der Waals surface area contributed by atoms with E-state index < -0.39 is 60.2 Å². The van der Waals surface area contributed by atoms with Gasteiger partial charge in [-0.3, -0.25) is 33.7 Å². The second-order valence-electron chi connectivity index (χ2n) is 19.2. The zero-order chi connectivity index (χ0) is 50.5. The number of likely N-dealkylation sites (tertiary alicyclic amines) is 1. The maximum atomic E-state index is 14.4. The molecule has 10 atom stereocenters. The number of carbonyl (C=O) groups is 7. The number of Topliss-reactive ketones (excluding diaryl/α,β-unsaturated/α-hetero) is 1. The van der Waals surface area contributed by atoms with Gasteiger partial charge in [-0.1, -0.05) is 85.2 Å². The molecule has 67 heavy (non-hydrogen) atoms. The quantitative estimate of drug-likeness (QED) is 0.0645. The molecule has 0 unspecified atom stereocenters. The van der Waals surface area contributed by atoms with Crippen LogP contribution >= 0.6 is 0 Å². The zero-order valence-corrected chi connectivity index (χ0v) is 42.8. The third-order valence-corrected chi connectivity index (χ3v) is 13.2. The highest BCUT2D eigenvalue weighted by molar-refractivity contribution is 5.91. The fourth-order valence-electron chi connectivity index (χ4n) is 9.26. The van der Waals surface area contributed by atoms with Crippen LogP contribution in [0.5, 0.6) is 0 Å². The Kier molecular flexibility index (Phi) is 25.8. The van der Waals surface area contributed by atoms with E-state index >= 15 is 0 Å². The van der Waals surface area contributed by atoms with Crippen molar-refractivity contribution < 1.29 is 47.8 Å². The first kappa shape index (κ1) is 58.7. The number of nitrogens with zero attached hydrogens (tertiary/aromatic N) is 3. The highest BCUT2D eigenvalue weighted by Gasteiger charge is 2.43. The number of likely N-dealkylation sites (N-methyl/N-ethyl adjacent to an activating group) is 2. The van der Waals surface area contributed by atoms with E-state index in [4.69, 9.17) is 19.9 Å². The minimum absolute atomic E-state index is 0.0178. The molecule has 0 aromatic heterocycles. The number of rotatable bonds is 30. The van der Waals surface area contributed by atoms with Crippen molar-refractivity contribution in [2.45, 2.75) is 149 Å². The van der Waals surface area contributed by atoms with Crippen LogP contribution < -0.4 is 21.7 Å². The number of amides is 5. The van der Waals surface area contributed by atoms with Crippen LogP contribution in [0.1, 0.15) is 106 Å². The molecule has 0 radical (unpaired) electrons. The third-order valence-electron chi connectivity index (χ3n) is 13.2. The minimum Gasteiger partial charge on any atom is -0.464 e. The monoisotopic (exact) mass is 944 g/mol. The van der Waals surface area contributed by atoms with Crippen LogP contribution in [0.2, 0.25) is 0 Å². The van der Waals surface area contributed by atoms with Crippen molar-refractivity contribution in [2.75, 3.05) is 61.6 Å². The number of carbonyl (C=O) groups excluding carboxylic acids is 7. The Morgan fingerprint density at radius 1 is 0.866 bits per heavy atom. The Hall–Kier alpha value is -4.45. The van der Waals surface area contributed by atoms with Crippen molar-refractivity contribution in [2.24, 2.45) is 35.3 Å². The van der Waals surface area contributed by atoms with Gasteiger partial charge in [-0.25, -0.2) is 4.79 Å². The minimum atomic E-state index is -0.840. The number of hydrogen-bond acceptors (Lipinski definition) is 12. The fraction of sp³-hybridized carbons (Fsp3) is 0.740. The van der Waals surface area contributed by atoms with Gasteiger partial charge < -0.3 is 45.7 Å². The Labute approximate surface area is 400 Å². The summed E-state index contributed by atoms with van der Waals surface area (Å²) < 4.78 is 17.4. The number of hydrogen-bond donors (Lipinski definition) is 4. The first-order valence-corrected chi connectivity index (χ1v) is 24.2. The average molecular weight is 944 g/mol. The van der Waals surface area contributed by atoms with E-state index in [2.05, 4.69) is 16.0 Å². The summed E-state index contributed by atoms with van der Waals surface area (Å²) in [5.41, 5.74) is 6.29. The van der Waals surface area contributed by atoms with Gasteiger partial charge in [0.15, 0.2) is 0 Å². The SMILES string of the molecule is CC[C@H](C)[C@@H]([C@@H](CC(=O)N1CCC[C@H]1[C@H](OC)[C@@H](C)C(=O)C[C@@H](Cc1ccccc1)C(=O)NCCCOC(=O)[C@H](C)NC(=O)CCN)OC)N(C)C(=O)[C@@H](NC(=O)[C@H](C(C)C)N(C)C)C(C)C. The standard InChI is InChI=1S/C50H85N7O10/c1-14-33(6)45(56(11)49(63)43(31(2)3)54-48(62)44(32(4)5)55(9)10)40(65-12)30-42(60)57-26-18-22-38(57)46(66-13)34(7)39(58)29-37(28-36-20-16-15-17-21-36)47(61)52-25-19-27-67-50(64)35(8)53-41(59)23-24-51/h15-17,20-21,31-35,37-38,40,43-46H,14,18-19,22-30,51H2,1-13H3,(H,52,61)(H,53,59)(H,54,62)/t33-,34-,35-,37+,38-,40+,43-,44-,45-,46+/m0/s1. The van der Waals surface area contributed by atoms with Gasteiger partial charge in [0.1, 0.15) is 17.9 Å². The number of benzene rings is 1. The largest absolute Gasteiger partial charge is 0.464 e. The number of methoxy groups -OCH3 is 2. The summed E-state index contributed by atoms with van der Waals surface area (Å²) in [6.45, 7) is 16.0. The Bertz CT molecular complexity index is 1720. The van der Waals surface area contributed by atoms with E-state index in [1.54, 1.807) is 30.9 Å². The summed E-state index contributed by atoms with van der Waals surface area (Å²) in [7, 11) is 8.49. The molecule has 0 aliphatic carbocycles. The van der Waals surface area contributed by atoms with Crippen LogP contribution in [-0.4, -0.2) is 160 Å². The molecule has 0 bridgehead atoms. The van der Waals surface area contributed by atoms with Crippen molar-refractivity contribution in [1.82, 2.24) is 30.7 Å². The lowest BCUT2D eigenvalue weighted by Crippen LogP contribution is -2.59. The summed E-state index contributed by atoms with van der Waals surface area (Å²) in [6, 6.07) is 6.48. The molecule has 380 valence electrons. The maximum absolute atomic E-state index is 14.4. The van der Waals surface area contributed by atoms with E-state index in [1.807, 2.05) is 90.9 Å². The molecule has 1 saturated heterocycles. The van der Waals surface area contributed by atoms with Gasteiger partial charge in [-0.2, -0.15) is 0 Å². The third kappa shape index (κ3) is 17.9. The van der Waals surface area contributed by atoms with Crippen LogP contribution in [0.25, 0.3) is 0 Å². The van der Waals surface area contributed by atoms with Crippen LogP contribution in [-0.2, 0) is 54.2 Å². The highest BCUT2D eigenvalue weighted by Crippen LogP contribution is 2.31. The Morgan fingerprint density at radius 3 is 2.07 bits per heavy atom. The van der Waals surface area contributed by atoms with E-state index in [1.165, 1.54) is 14.0 Å². The number of nitrogens with one attached hydrogen (secondary N) is 3. The van der Waals surface area contributed by atoms with Gasteiger partial charge in [0.05, 0.1) is 43.4 Å². The van der Waals surface area contributed by atoms with E-state index in [0.29, 0.717) is 38.6 Å². The predicted molar refractivity (Wildman–Crippen MR) is 258 cm³/mol. The molecule has 1 aliphatic rings. The summed E-state index contributed by atoms with van der Waals surface area (Å²) in [5, 5.41) is 8.48. The molecule has 1 aromatic rings. The van der Waals surface area contributed by atoms with Gasteiger partial charge in [-0.15, -0.1) is 0 Å². The van der Waals surface area contributed by atoms with Crippen molar-refractivity contribution >= 4 is 41.3 Å². The summed E-state index contributed by atoms with van der Waals surface area (Å²) in [5.74, 6) is -3.71. The topological polar surface area (TPSA) is 219 Å². The molecule has 0 spiro atoms. The molecule has 5 amide bonds. The van der Waals surface area contributed by atoms with Crippen molar-refractivity contribution in [3.8, 4) is 0 Å². The number of ketones is 1. The van der Waals surface area contributed by atoms with Crippen LogP contribution in [0.15, 0.2) is 30.3 Å². The van der Waals surface area contributed by atoms with Gasteiger partial charge >= 0.3 is 5.97 Å². The predicted octanol–water partition coefficient (Wildman–Crippen LogP) is 3.35. The van der Waals surface area contributed by atoms with Crippen molar-refractivity contribution in [1.29, 1.82) is 0 Å². The lowest BCUT2D eigenvalue weighted by atomic mass is 9.85. The molecule has 1 fully saturated rings. The van der Waals surface area contributed by atoms with Crippen LogP contribution in [0, 0.1) is 29.6 Å². The lowest BCUT2D eigenvalue weighted by molar-refractivity contribution is -0.148. The summed E-state index contributed by atoms with van der Waals surface area (Å²) in [6.07, 6.45) is 1.36. The maximum Gasteiger partial charge on any atom is 0.328 e. The van der Waals surface area contributed by atoms with Gasteiger partial charge in [0.25, 0.3) is 0 Å². The lowest BCUT2D eigenvalue weighted by Gasteiger charge is -2.41. The molecule has 1 aromatic carbocycles. The van der Waals surface area contributed by atoms with Crippen LogP contribution in [0.3, 0.4) is 0 Å². The summed E-state index contributed by atoms with van der Waals surface area (Å²) in [4.78, 5) is 99.6. The first-order chi connectivity index (χ1) is 31.6. The molecule has 17 heteroatoms. The Balaban J connectivity index is 2.22. The molecular weight excluding hydrogens is 859 g/mol. The first-order valence-electron chi connectivity index (χ1n) is 24.2. The second-order valence-corrected chi connectivity index (χ2v) is 19.2. The molecule has 2 rings (SSSR count). The van der Waals surface area contributed by atoms with E-state index in [9.17, 15) is 33.6 Å². The molecule has 17 nitrogen and oxygen atoms in total. The highest BCUT2D eigenvalue weighted by atomic mass is 16.5. The zero-order valence-electron chi connectivity index (χ0n) is 42.8. The van der Waals surface area contributed by atoms with Crippen molar-refractivity contribution in [3.63, 3.8) is 0 Å². The summed E-state index contributed by atoms with van der Waals surface area (Å²) >= 11 is 0. The molecule has 1 aliphatic heterocycles. The van der Waals surface area contributed by atoms with Gasteiger partial charge in [0, 0.05) is 65.6 Å². The number of ether oxygens (including phenoxy) is 3. The smallest absolute Gasteiger partial charge is 0.328 e. The molecule has 0 saturated carbocycles. The molecular formula is C50H85N7O10.